The standard InChI is InChI=1S/C12H20O2/c13-12(14)10-6-2-5-9-11-7-3-1-4-8-11/h9H,1-8,10H2,(H,13,14). The van der Waals surface area contributed by atoms with Gasteiger partial charge in [-0.1, -0.05) is 18.1 Å². The minimum Gasteiger partial charge on any atom is -0.481 e. The van der Waals surface area contributed by atoms with Gasteiger partial charge in [-0.3, -0.25) is 4.79 Å². The minimum absolute atomic E-state index is 0.323. The lowest BCUT2D eigenvalue weighted by molar-refractivity contribution is -0.137. The van der Waals surface area contributed by atoms with Crippen LogP contribution < -0.4 is 0 Å². The first-order valence-corrected chi connectivity index (χ1v) is 5.69. The van der Waals surface area contributed by atoms with Gasteiger partial charge in [0.1, 0.15) is 0 Å². The Bertz CT molecular complexity index is 198. The number of allylic oxidation sites excluding steroid dienone is 2. The van der Waals surface area contributed by atoms with Crippen molar-refractivity contribution < 1.29 is 9.90 Å². The van der Waals surface area contributed by atoms with Crippen LogP contribution in [0.3, 0.4) is 0 Å². The van der Waals surface area contributed by atoms with Crippen LogP contribution in [0.1, 0.15) is 57.8 Å². The largest absolute Gasteiger partial charge is 0.481 e. The Kier molecular flexibility index (Phi) is 5.35. The topological polar surface area (TPSA) is 37.3 Å². The van der Waals surface area contributed by atoms with E-state index in [4.69, 9.17) is 5.11 Å². The van der Waals surface area contributed by atoms with Crippen molar-refractivity contribution in [1.82, 2.24) is 0 Å². The summed E-state index contributed by atoms with van der Waals surface area (Å²) in [6.45, 7) is 0. The average molecular weight is 196 g/mol. The molecule has 0 radical (unpaired) electrons. The van der Waals surface area contributed by atoms with E-state index in [2.05, 4.69) is 6.08 Å². The van der Waals surface area contributed by atoms with Crippen LogP contribution in [0, 0.1) is 0 Å². The van der Waals surface area contributed by atoms with Crippen molar-refractivity contribution in [3.8, 4) is 0 Å². The Labute approximate surface area is 86.0 Å². The van der Waals surface area contributed by atoms with Gasteiger partial charge >= 0.3 is 5.97 Å². The number of carboxylic acids is 1. The minimum atomic E-state index is -0.671. The monoisotopic (exact) mass is 196 g/mol. The van der Waals surface area contributed by atoms with Gasteiger partial charge in [0.2, 0.25) is 0 Å². The van der Waals surface area contributed by atoms with E-state index >= 15 is 0 Å². The second-order valence-corrected chi connectivity index (χ2v) is 4.06. The zero-order valence-corrected chi connectivity index (χ0v) is 8.80. The van der Waals surface area contributed by atoms with Crippen LogP contribution in [-0.4, -0.2) is 11.1 Å². The molecule has 0 bridgehead atoms. The van der Waals surface area contributed by atoms with Crippen molar-refractivity contribution in [2.45, 2.75) is 57.8 Å². The second-order valence-electron chi connectivity index (χ2n) is 4.06. The summed E-state index contributed by atoms with van der Waals surface area (Å²) in [5.74, 6) is -0.671. The van der Waals surface area contributed by atoms with Crippen LogP contribution >= 0.6 is 0 Å². The molecule has 2 heteroatoms. The van der Waals surface area contributed by atoms with E-state index in [0.717, 1.165) is 19.3 Å². The highest BCUT2D eigenvalue weighted by atomic mass is 16.4. The van der Waals surface area contributed by atoms with Gasteiger partial charge in [0.15, 0.2) is 0 Å². The summed E-state index contributed by atoms with van der Waals surface area (Å²) in [7, 11) is 0. The van der Waals surface area contributed by atoms with Gasteiger partial charge in [-0.25, -0.2) is 0 Å². The molecule has 1 fully saturated rings. The predicted octanol–water partition coefficient (Wildman–Crippen LogP) is 3.52. The molecule has 1 saturated carbocycles. The first kappa shape index (κ1) is 11.3. The van der Waals surface area contributed by atoms with E-state index in [1.165, 1.54) is 32.1 Å². The molecule has 1 N–H and O–H groups in total. The molecule has 2 nitrogen and oxygen atoms in total. The summed E-state index contributed by atoms with van der Waals surface area (Å²) in [4.78, 5) is 10.2. The SMILES string of the molecule is O=C(O)CCCCC=C1CCCCC1. The molecule has 0 aliphatic heterocycles. The lowest BCUT2D eigenvalue weighted by atomic mass is 9.94. The maximum absolute atomic E-state index is 10.2. The normalized spacial score (nSPS) is 16.7. The van der Waals surface area contributed by atoms with Crippen molar-refractivity contribution in [3.05, 3.63) is 11.6 Å². The van der Waals surface area contributed by atoms with Crippen LogP contribution in [0.25, 0.3) is 0 Å². The molecule has 0 spiro atoms. The van der Waals surface area contributed by atoms with Crippen molar-refractivity contribution in [2.75, 3.05) is 0 Å². The molecule has 0 unspecified atom stereocenters. The highest BCUT2D eigenvalue weighted by Gasteiger charge is 2.04. The summed E-state index contributed by atoms with van der Waals surface area (Å²) in [6.07, 6.45) is 12.2. The molecule has 0 atom stereocenters. The number of carbonyl (C=O) groups is 1. The first-order chi connectivity index (χ1) is 6.79. The Morgan fingerprint density at radius 1 is 1.21 bits per heavy atom. The zero-order valence-electron chi connectivity index (χ0n) is 8.80. The molecule has 1 aliphatic carbocycles. The summed E-state index contributed by atoms with van der Waals surface area (Å²) < 4.78 is 0. The first-order valence-electron chi connectivity index (χ1n) is 5.69. The fourth-order valence-corrected chi connectivity index (χ4v) is 1.94. The van der Waals surface area contributed by atoms with E-state index in [-0.39, 0.29) is 0 Å². The highest BCUT2D eigenvalue weighted by Crippen LogP contribution is 2.23. The predicted molar refractivity (Wildman–Crippen MR) is 57.3 cm³/mol. The Balaban J connectivity index is 2.03. The zero-order chi connectivity index (χ0) is 10.2. The van der Waals surface area contributed by atoms with E-state index in [1.54, 1.807) is 5.57 Å². The Morgan fingerprint density at radius 3 is 2.57 bits per heavy atom. The molecule has 0 aromatic carbocycles. The number of hydrogen-bond acceptors (Lipinski definition) is 1. The number of hydrogen-bond donors (Lipinski definition) is 1. The van der Waals surface area contributed by atoms with Crippen LogP contribution in [0.2, 0.25) is 0 Å². The number of carboxylic acid groups (broad SMARTS) is 1. The van der Waals surface area contributed by atoms with Gasteiger partial charge in [0.05, 0.1) is 0 Å². The molecule has 0 amide bonds. The number of unbranched alkanes of at least 4 members (excludes halogenated alkanes) is 2. The second kappa shape index (κ2) is 6.63. The lowest BCUT2D eigenvalue weighted by Gasteiger charge is -2.13. The smallest absolute Gasteiger partial charge is 0.303 e. The third kappa shape index (κ3) is 5.05. The van der Waals surface area contributed by atoms with Crippen molar-refractivity contribution >= 4 is 5.97 Å². The summed E-state index contributed by atoms with van der Waals surface area (Å²) in [5.41, 5.74) is 1.60. The third-order valence-electron chi connectivity index (χ3n) is 2.77. The molecule has 0 heterocycles. The summed E-state index contributed by atoms with van der Waals surface area (Å²) in [5, 5.41) is 8.45. The molecule has 1 rings (SSSR count). The van der Waals surface area contributed by atoms with Crippen LogP contribution in [0.4, 0.5) is 0 Å². The Hall–Kier alpha value is -0.790. The molecule has 0 saturated heterocycles. The maximum Gasteiger partial charge on any atom is 0.303 e. The Morgan fingerprint density at radius 2 is 1.93 bits per heavy atom. The average Bonchev–Trinajstić information content (AvgIpc) is 2.18. The van der Waals surface area contributed by atoms with Crippen molar-refractivity contribution in [3.63, 3.8) is 0 Å². The summed E-state index contributed by atoms with van der Waals surface area (Å²) >= 11 is 0. The van der Waals surface area contributed by atoms with E-state index in [1.807, 2.05) is 0 Å². The highest BCUT2D eigenvalue weighted by molar-refractivity contribution is 5.66. The van der Waals surface area contributed by atoms with E-state index in [9.17, 15) is 4.79 Å². The van der Waals surface area contributed by atoms with E-state index < -0.39 is 5.97 Å². The molecule has 0 aromatic heterocycles. The van der Waals surface area contributed by atoms with Crippen molar-refractivity contribution in [2.24, 2.45) is 0 Å². The number of aliphatic carboxylic acids is 1. The molecular weight excluding hydrogens is 176 g/mol. The fourth-order valence-electron chi connectivity index (χ4n) is 1.94. The quantitative estimate of drug-likeness (QED) is 0.539. The molecule has 0 aromatic rings. The van der Waals surface area contributed by atoms with Crippen LogP contribution in [-0.2, 0) is 4.79 Å². The van der Waals surface area contributed by atoms with Gasteiger partial charge in [-0.15, -0.1) is 0 Å². The van der Waals surface area contributed by atoms with Gasteiger partial charge in [0, 0.05) is 6.42 Å². The van der Waals surface area contributed by atoms with Crippen LogP contribution in [0.5, 0.6) is 0 Å². The van der Waals surface area contributed by atoms with Gasteiger partial charge in [-0.05, 0) is 44.9 Å². The maximum atomic E-state index is 10.2. The summed E-state index contributed by atoms with van der Waals surface area (Å²) in [6, 6.07) is 0. The van der Waals surface area contributed by atoms with Gasteiger partial charge in [0.25, 0.3) is 0 Å². The van der Waals surface area contributed by atoms with Gasteiger partial charge in [-0.2, -0.15) is 0 Å². The third-order valence-corrected chi connectivity index (χ3v) is 2.77. The number of rotatable bonds is 5. The molecular formula is C12H20O2. The van der Waals surface area contributed by atoms with Crippen LogP contribution in [0.15, 0.2) is 11.6 Å². The fraction of sp³-hybridized carbons (Fsp3) is 0.750. The molecule has 14 heavy (non-hydrogen) atoms. The molecule has 80 valence electrons. The van der Waals surface area contributed by atoms with Gasteiger partial charge < -0.3 is 5.11 Å². The molecule has 1 aliphatic rings. The lowest BCUT2D eigenvalue weighted by Crippen LogP contribution is -1.94. The van der Waals surface area contributed by atoms with E-state index in [0.29, 0.717) is 6.42 Å². The van der Waals surface area contributed by atoms with Crippen molar-refractivity contribution in [1.29, 1.82) is 0 Å².